The minimum atomic E-state index is 0. The summed E-state index contributed by atoms with van der Waals surface area (Å²) < 4.78 is 0. The zero-order chi connectivity index (χ0) is 2.00. The molecule has 0 aromatic carbocycles. The first-order valence-electron chi connectivity index (χ1n) is 0.447. The maximum absolute atomic E-state index is 7.00. The number of aliphatic hydroxyl groups excluding tert-OH is 1. The zero-order valence-corrected chi connectivity index (χ0v) is 20.4. The van der Waals surface area contributed by atoms with Gasteiger partial charge in [0.05, 0.1) is 0 Å². The number of hydrogen-bond acceptors (Lipinski definition) is 1. The number of hydrogen-bond donors (Lipinski definition) is 1. The van der Waals surface area contributed by atoms with Gasteiger partial charge in [-0.25, -0.2) is 0 Å². The Labute approximate surface area is 196 Å². The van der Waals surface area contributed by atoms with Gasteiger partial charge in [0.25, 0.3) is 0 Å². The summed E-state index contributed by atoms with van der Waals surface area (Å²) in [6, 6.07) is 0. The largest absolute Gasteiger partial charge is 3.00 e. The molecule has 3 nitrogen and oxygen atoms in total. The third kappa shape index (κ3) is 224. The first kappa shape index (κ1) is 208. The van der Waals surface area contributed by atoms with E-state index in [1.807, 2.05) is 0 Å². The van der Waals surface area contributed by atoms with Gasteiger partial charge in [-0.15, -0.1) is 0 Å². The average molecular weight is 594 g/mol. The number of rotatable bonds is 0. The molecule has 0 spiro atoms. The summed E-state index contributed by atoms with van der Waals surface area (Å²) in [6.07, 6.45) is 0. The molecular formula is C8H29Ce3O3-4. The normalized spacial score (nSPS) is 0.429. The van der Waals surface area contributed by atoms with Crippen LogP contribution in [0.2, 0.25) is 0 Å². The third-order valence-electron chi connectivity index (χ3n) is 0. The van der Waals surface area contributed by atoms with Gasteiger partial charge in [0.15, 0.2) is 0 Å². The van der Waals surface area contributed by atoms with Gasteiger partial charge in [-0.1, -0.05) is 0 Å². The summed E-state index contributed by atoms with van der Waals surface area (Å²) >= 11 is 0. The summed E-state index contributed by atoms with van der Waals surface area (Å²) in [7, 11) is 1.00. The van der Waals surface area contributed by atoms with Crippen molar-refractivity contribution >= 4 is 0 Å². The monoisotopic (exact) mass is 593 g/mol. The summed E-state index contributed by atoms with van der Waals surface area (Å²) in [5, 5.41) is 7.00. The van der Waals surface area contributed by atoms with Gasteiger partial charge in [-0.3, -0.25) is 0 Å². The van der Waals surface area contributed by atoms with Gasteiger partial charge in [0, 0.05) is 90.6 Å². The molecule has 0 bridgehead atoms. The van der Waals surface area contributed by atoms with Gasteiger partial charge < -0.3 is 68.0 Å². The average Bonchev–Trinajstić information content (AvgIpc) is 1.00. The molecule has 0 rings (SSSR count). The van der Waals surface area contributed by atoms with E-state index >= 15 is 0 Å². The summed E-state index contributed by atoms with van der Waals surface area (Å²) in [5.41, 5.74) is 0. The van der Waals surface area contributed by atoms with Crippen LogP contribution < -0.4 is 0 Å². The van der Waals surface area contributed by atoms with Crippen molar-refractivity contribution in [1.82, 2.24) is 0 Å². The SMILES string of the molecule is CO.O.O.[CH3-].[CH3-].[CH3-].[CH3-].[CH3-].[CH3-].[CH3-].[Ce+3].[Ce].[Ce]. The molecule has 95 valence electrons. The molecule has 0 heterocycles. The molecule has 0 atom stereocenters. The Morgan fingerprint density at radius 3 is 0.500 bits per heavy atom. The van der Waals surface area contributed by atoms with Crippen molar-refractivity contribution in [2.75, 3.05) is 7.11 Å². The van der Waals surface area contributed by atoms with Crippen LogP contribution in [0.5, 0.6) is 0 Å². The van der Waals surface area contributed by atoms with Crippen LogP contribution in [-0.4, -0.2) is 23.2 Å². The molecule has 5 N–H and O–H groups in total. The molecule has 0 aliphatic rings. The van der Waals surface area contributed by atoms with E-state index in [4.69, 9.17) is 5.11 Å². The molecule has 6 heteroatoms. The second-order valence-electron chi connectivity index (χ2n) is 0. The van der Waals surface area contributed by atoms with Crippen molar-refractivity contribution in [2.24, 2.45) is 0 Å². The van der Waals surface area contributed by atoms with Crippen LogP contribution in [0.15, 0.2) is 0 Å². The van der Waals surface area contributed by atoms with Gasteiger partial charge >= 0.3 is 41.7 Å². The Balaban J connectivity index is -0.0000000000758. The quantitative estimate of drug-likeness (QED) is 0.420. The Kier molecular flexibility index (Phi) is 4020. The van der Waals surface area contributed by atoms with Crippen molar-refractivity contribution in [3.8, 4) is 0 Å². The molecule has 0 aliphatic heterocycles. The van der Waals surface area contributed by atoms with E-state index in [2.05, 4.69) is 0 Å². The van der Waals surface area contributed by atoms with Crippen LogP contribution in [0, 0.1) is 177 Å². The molecular weight excluding hydrogens is 564 g/mol. The molecule has 0 aromatic heterocycles. The Hall–Kier alpha value is 4.01. The molecule has 1 radical (unpaired) electrons. The molecule has 0 unspecified atom stereocenters. The standard InChI is InChI=1S/CH4O.7CH3.3Ce.2H2O/c1-2;;;;;;;;;;;;/h2H,1H3;7*1H3;;;;2*1H2/q;7*-1;;;+3;;. The van der Waals surface area contributed by atoms with E-state index in [-0.39, 0.29) is 188 Å². The van der Waals surface area contributed by atoms with Gasteiger partial charge in [-0.2, -0.15) is 0 Å². The second-order valence-corrected chi connectivity index (χ2v) is 0. The molecule has 0 aromatic rings. The van der Waals surface area contributed by atoms with Crippen molar-refractivity contribution in [1.29, 1.82) is 0 Å². The summed E-state index contributed by atoms with van der Waals surface area (Å²) in [4.78, 5) is 0. The van der Waals surface area contributed by atoms with Crippen LogP contribution in [0.25, 0.3) is 0 Å². The first-order valence-corrected chi connectivity index (χ1v) is 0.447. The van der Waals surface area contributed by atoms with Gasteiger partial charge in [0.1, 0.15) is 0 Å². The van der Waals surface area contributed by atoms with Crippen molar-refractivity contribution in [3.63, 3.8) is 0 Å². The minimum Gasteiger partial charge on any atom is -0.412 e. The van der Waals surface area contributed by atoms with Crippen molar-refractivity contribution in [2.45, 2.75) is 0 Å². The van der Waals surface area contributed by atoms with Crippen LogP contribution in [-0.2, 0) is 0 Å². The van der Waals surface area contributed by atoms with E-state index in [0.717, 1.165) is 7.11 Å². The fourth-order valence-electron chi connectivity index (χ4n) is 0. The number of aliphatic hydroxyl groups is 1. The Bertz CT molecular complexity index is 19.8. The van der Waals surface area contributed by atoms with Crippen LogP contribution in [0.3, 0.4) is 0 Å². The summed E-state index contributed by atoms with van der Waals surface area (Å²) in [6.45, 7) is 0. The predicted octanol–water partition coefficient (Wildman–Crippen LogP) is 1.11. The van der Waals surface area contributed by atoms with Gasteiger partial charge in [-0.05, 0) is 0 Å². The molecule has 14 heavy (non-hydrogen) atoms. The predicted molar refractivity (Wildman–Crippen MR) is 60.3 cm³/mol. The van der Waals surface area contributed by atoms with E-state index in [1.165, 1.54) is 0 Å². The van der Waals surface area contributed by atoms with E-state index in [9.17, 15) is 0 Å². The molecule has 0 aliphatic carbocycles. The topological polar surface area (TPSA) is 83.2 Å². The molecule has 0 saturated heterocycles. The molecule has 0 fully saturated rings. The molecule has 0 amide bonds. The van der Waals surface area contributed by atoms with E-state index < -0.39 is 0 Å². The van der Waals surface area contributed by atoms with Crippen LogP contribution in [0.4, 0.5) is 0 Å². The van der Waals surface area contributed by atoms with Gasteiger partial charge in [0.2, 0.25) is 0 Å². The van der Waals surface area contributed by atoms with Crippen molar-refractivity contribution < 1.29 is 141 Å². The van der Waals surface area contributed by atoms with Crippen LogP contribution in [0.1, 0.15) is 0 Å². The van der Waals surface area contributed by atoms with E-state index in [0.29, 0.717) is 0 Å². The zero-order valence-electron chi connectivity index (χ0n) is 10.9. The van der Waals surface area contributed by atoms with E-state index in [1.54, 1.807) is 0 Å². The maximum Gasteiger partial charge on any atom is 3.00 e. The van der Waals surface area contributed by atoms with Crippen LogP contribution >= 0.6 is 0 Å². The summed E-state index contributed by atoms with van der Waals surface area (Å²) in [5.74, 6) is 0. The molecule has 0 saturated carbocycles. The minimum absolute atomic E-state index is 0. The maximum atomic E-state index is 7.00. The third-order valence-corrected chi connectivity index (χ3v) is 0. The Morgan fingerprint density at radius 1 is 0.500 bits per heavy atom. The Morgan fingerprint density at radius 2 is 0.500 bits per heavy atom. The second kappa shape index (κ2) is 271. The smallest absolute Gasteiger partial charge is 0.412 e. The fourth-order valence-corrected chi connectivity index (χ4v) is 0. The fraction of sp³-hybridized carbons (Fsp3) is 0.125. The van der Waals surface area contributed by atoms with Crippen molar-refractivity contribution in [3.05, 3.63) is 52.0 Å². The first-order chi connectivity index (χ1) is 1.00.